The van der Waals surface area contributed by atoms with E-state index in [1.165, 1.54) is 12.1 Å². The largest absolute Gasteiger partial charge is 0.457 e. The van der Waals surface area contributed by atoms with Gasteiger partial charge in [0.1, 0.15) is 11.5 Å². The molecule has 0 N–H and O–H groups in total. The number of non-ortho nitro benzene ring substituents is 1. The molecule has 0 atom stereocenters. The average molecular weight is 261 g/mol. The minimum atomic E-state index is -0.448. The smallest absolute Gasteiger partial charge is 0.273 e. The molecule has 0 bridgehead atoms. The number of ether oxygens (including phenoxy) is 1. The van der Waals surface area contributed by atoms with Gasteiger partial charge < -0.3 is 4.74 Å². The summed E-state index contributed by atoms with van der Waals surface area (Å²) in [6, 6.07) is 13.5. The monoisotopic (exact) mass is 261 g/mol. The Morgan fingerprint density at radius 3 is 2.44 bits per heavy atom. The maximum atomic E-state index is 10.6. The van der Waals surface area contributed by atoms with E-state index in [1.807, 2.05) is 24.3 Å². The Bertz CT molecular complexity index is 554. The van der Waals surface area contributed by atoms with Crippen LogP contribution in [0.15, 0.2) is 48.5 Å². The third-order valence-corrected chi connectivity index (χ3v) is 2.74. The van der Waals surface area contributed by atoms with Crippen molar-refractivity contribution in [2.24, 2.45) is 0 Å². The molecule has 0 saturated carbocycles. The summed E-state index contributed by atoms with van der Waals surface area (Å²) in [6.07, 6.45) is 0. The minimum absolute atomic E-state index is 0.0134. The molecule has 0 amide bonds. The number of thiol groups is 1. The Morgan fingerprint density at radius 1 is 1.11 bits per heavy atom. The summed E-state index contributed by atoms with van der Waals surface area (Å²) in [4.78, 5) is 10.2. The third-order valence-electron chi connectivity index (χ3n) is 2.37. The predicted molar refractivity (Wildman–Crippen MR) is 72.3 cm³/mol. The van der Waals surface area contributed by atoms with Crippen molar-refractivity contribution in [3.05, 3.63) is 64.2 Å². The lowest BCUT2D eigenvalue weighted by Gasteiger charge is -2.05. The number of nitro groups is 1. The van der Waals surface area contributed by atoms with Crippen molar-refractivity contribution < 1.29 is 9.66 Å². The van der Waals surface area contributed by atoms with Crippen LogP contribution in [0.3, 0.4) is 0 Å². The number of benzene rings is 2. The molecule has 0 radical (unpaired) electrons. The fourth-order valence-corrected chi connectivity index (χ4v) is 1.67. The lowest BCUT2D eigenvalue weighted by molar-refractivity contribution is -0.384. The third kappa shape index (κ3) is 3.01. The molecule has 0 saturated heterocycles. The maximum Gasteiger partial charge on any atom is 0.273 e. The van der Waals surface area contributed by atoms with Crippen LogP contribution in [0.1, 0.15) is 5.56 Å². The number of nitrogens with zero attached hydrogens (tertiary/aromatic N) is 1. The second-order valence-corrected chi connectivity index (χ2v) is 3.97. The van der Waals surface area contributed by atoms with Crippen LogP contribution < -0.4 is 4.74 Å². The summed E-state index contributed by atoms with van der Waals surface area (Å²) in [7, 11) is 0. The Hall–Kier alpha value is -2.01. The van der Waals surface area contributed by atoms with E-state index in [0.717, 1.165) is 5.56 Å². The molecule has 2 rings (SSSR count). The van der Waals surface area contributed by atoms with Gasteiger partial charge in [0.25, 0.3) is 5.69 Å². The zero-order chi connectivity index (χ0) is 13.0. The van der Waals surface area contributed by atoms with Gasteiger partial charge in [-0.15, -0.1) is 0 Å². The fourth-order valence-electron chi connectivity index (χ4n) is 1.46. The van der Waals surface area contributed by atoms with E-state index in [2.05, 4.69) is 12.6 Å². The molecule has 0 aliphatic carbocycles. The standard InChI is InChI=1S/C13H11NO3S/c15-14(16)11-2-1-3-13(8-11)17-12-6-4-10(9-18)5-7-12/h1-8,18H,9H2. The number of rotatable bonds is 4. The van der Waals surface area contributed by atoms with E-state index >= 15 is 0 Å². The van der Waals surface area contributed by atoms with Gasteiger partial charge in [0.05, 0.1) is 11.0 Å². The highest BCUT2D eigenvalue weighted by Gasteiger charge is 2.06. The second-order valence-electron chi connectivity index (χ2n) is 3.66. The zero-order valence-corrected chi connectivity index (χ0v) is 10.3. The first-order valence-electron chi connectivity index (χ1n) is 5.31. The zero-order valence-electron chi connectivity index (χ0n) is 9.45. The number of nitro benzene ring substituents is 1. The van der Waals surface area contributed by atoms with Crippen molar-refractivity contribution in [2.75, 3.05) is 0 Å². The van der Waals surface area contributed by atoms with Crippen LogP contribution in [0.5, 0.6) is 11.5 Å². The second kappa shape index (κ2) is 5.55. The van der Waals surface area contributed by atoms with Crippen LogP contribution in [0.25, 0.3) is 0 Å². The summed E-state index contributed by atoms with van der Waals surface area (Å²) >= 11 is 4.16. The molecule has 0 fully saturated rings. The van der Waals surface area contributed by atoms with Crippen LogP contribution in [-0.4, -0.2) is 4.92 Å². The molecule has 0 spiro atoms. The molecular weight excluding hydrogens is 250 g/mol. The van der Waals surface area contributed by atoms with Crippen LogP contribution in [0.4, 0.5) is 5.69 Å². The highest BCUT2D eigenvalue weighted by atomic mass is 32.1. The Morgan fingerprint density at radius 2 is 1.83 bits per heavy atom. The molecule has 0 aliphatic rings. The van der Waals surface area contributed by atoms with Gasteiger partial charge in [0.15, 0.2) is 0 Å². The van der Waals surface area contributed by atoms with Crippen LogP contribution >= 0.6 is 12.6 Å². The highest BCUT2D eigenvalue weighted by Crippen LogP contribution is 2.25. The minimum Gasteiger partial charge on any atom is -0.457 e. The van der Waals surface area contributed by atoms with E-state index in [1.54, 1.807) is 12.1 Å². The van der Waals surface area contributed by atoms with Gasteiger partial charge >= 0.3 is 0 Å². The van der Waals surface area contributed by atoms with Gasteiger partial charge in [0, 0.05) is 11.8 Å². The predicted octanol–water partition coefficient (Wildman–Crippen LogP) is 3.82. The van der Waals surface area contributed by atoms with Crippen LogP contribution in [-0.2, 0) is 5.75 Å². The van der Waals surface area contributed by atoms with Crippen molar-refractivity contribution in [3.8, 4) is 11.5 Å². The first-order valence-corrected chi connectivity index (χ1v) is 5.94. The quantitative estimate of drug-likeness (QED) is 0.517. The van der Waals surface area contributed by atoms with Crippen molar-refractivity contribution in [3.63, 3.8) is 0 Å². The lowest BCUT2D eigenvalue weighted by Crippen LogP contribution is -1.89. The summed E-state index contributed by atoms with van der Waals surface area (Å²) in [5, 5.41) is 10.6. The van der Waals surface area contributed by atoms with Gasteiger partial charge in [-0.25, -0.2) is 0 Å². The van der Waals surface area contributed by atoms with E-state index in [0.29, 0.717) is 17.3 Å². The molecule has 0 aromatic heterocycles. The van der Waals surface area contributed by atoms with E-state index in [9.17, 15) is 10.1 Å². The van der Waals surface area contributed by atoms with Crippen molar-refractivity contribution in [1.29, 1.82) is 0 Å². The number of hydrogen-bond donors (Lipinski definition) is 1. The molecule has 0 heterocycles. The summed E-state index contributed by atoms with van der Waals surface area (Å²) in [5.41, 5.74) is 1.10. The normalized spacial score (nSPS) is 10.1. The van der Waals surface area contributed by atoms with E-state index in [-0.39, 0.29) is 5.69 Å². The average Bonchev–Trinajstić information content (AvgIpc) is 2.40. The Kier molecular flexibility index (Phi) is 3.84. The topological polar surface area (TPSA) is 52.4 Å². The van der Waals surface area contributed by atoms with Gasteiger partial charge in [0.2, 0.25) is 0 Å². The van der Waals surface area contributed by atoms with Crippen molar-refractivity contribution in [2.45, 2.75) is 5.75 Å². The van der Waals surface area contributed by atoms with Gasteiger partial charge in [-0.3, -0.25) is 10.1 Å². The van der Waals surface area contributed by atoms with Crippen LogP contribution in [0.2, 0.25) is 0 Å². The van der Waals surface area contributed by atoms with Gasteiger partial charge in [-0.05, 0) is 23.8 Å². The summed E-state index contributed by atoms with van der Waals surface area (Å²) in [5.74, 6) is 1.75. The maximum absolute atomic E-state index is 10.6. The molecule has 2 aromatic rings. The fraction of sp³-hybridized carbons (Fsp3) is 0.0769. The SMILES string of the molecule is O=[N+]([O-])c1cccc(Oc2ccc(CS)cc2)c1. The van der Waals surface area contributed by atoms with Crippen molar-refractivity contribution >= 4 is 18.3 Å². The Labute approximate surface area is 110 Å². The molecule has 0 aliphatic heterocycles. The molecule has 2 aromatic carbocycles. The molecule has 92 valence electrons. The molecule has 4 nitrogen and oxygen atoms in total. The summed E-state index contributed by atoms with van der Waals surface area (Å²) in [6.45, 7) is 0. The van der Waals surface area contributed by atoms with Gasteiger partial charge in [-0.1, -0.05) is 18.2 Å². The number of hydrogen-bond acceptors (Lipinski definition) is 4. The Balaban J connectivity index is 2.17. The molecule has 0 unspecified atom stereocenters. The lowest BCUT2D eigenvalue weighted by atomic mass is 10.2. The molecule has 18 heavy (non-hydrogen) atoms. The van der Waals surface area contributed by atoms with Gasteiger partial charge in [-0.2, -0.15) is 12.6 Å². The molecular formula is C13H11NO3S. The molecule has 5 heteroatoms. The van der Waals surface area contributed by atoms with Crippen LogP contribution in [0, 0.1) is 10.1 Å². The first-order chi connectivity index (χ1) is 8.69. The van der Waals surface area contributed by atoms with E-state index < -0.39 is 4.92 Å². The van der Waals surface area contributed by atoms with E-state index in [4.69, 9.17) is 4.74 Å². The first kappa shape index (κ1) is 12.4. The summed E-state index contributed by atoms with van der Waals surface area (Å²) < 4.78 is 5.54. The van der Waals surface area contributed by atoms with Crippen molar-refractivity contribution in [1.82, 2.24) is 0 Å². The highest BCUT2D eigenvalue weighted by molar-refractivity contribution is 7.79.